The fourth-order valence-electron chi connectivity index (χ4n) is 3.09. The molecule has 0 bridgehead atoms. The zero-order valence-corrected chi connectivity index (χ0v) is 15.2. The van der Waals surface area contributed by atoms with Crippen LogP contribution in [0.4, 0.5) is 0 Å². The molecule has 1 aliphatic rings. The molecule has 2 heterocycles. The van der Waals surface area contributed by atoms with E-state index in [4.69, 9.17) is 4.74 Å². The van der Waals surface area contributed by atoms with Crippen molar-refractivity contribution in [3.8, 4) is 5.75 Å². The Morgan fingerprint density at radius 1 is 1.15 bits per heavy atom. The molecular weight excluding hydrogens is 326 g/mol. The summed E-state index contributed by atoms with van der Waals surface area (Å²) in [5.74, 6) is 0.946. The molecule has 136 valence electrons. The average molecular weight is 351 g/mol. The first-order valence-corrected chi connectivity index (χ1v) is 8.97. The van der Waals surface area contributed by atoms with Gasteiger partial charge in [-0.25, -0.2) is 0 Å². The van der Waals surface area contributed by atoms with E-state index in [9.17, 15) is 4.79 Å². The number of amides is 1. The third kappa shape index (κ3) is 5.17. The molecule has 1 aromatic carbocycles. The average Bonchev–Trinajstić information content (AvgIpc) is 2.93. The van der Waals surface area contributed by atoms with Crippen molar-refractivity contribution in [3.05, 3.63) is 66.0 Å². The van der Waals surface area contributed by atoms with Crippen molar-refractivity contribution in [1.82, 2.24) is 14.8 Å². The number of benzene rings is 1. The molecule has 3 rings (SSSR count). The summed E-state index contributed by atoms with van der Waals surface area (Å²) in [7, 11) is 1.68. The highest BCUT2D eigenvalue weighted by Crippen LogP contribution is 2.14. The van der Waals surface area contributed by atoms with E-state index in [1.807, 2.05) is 35.2 Å². The van der Waals surface area contributed by atoms with Crippen LogP contribution < -0.4 is 4.74 Å². The third-order valence-corrected chi connectivity index (χ3v) is 4.57. The Labute approximate surface area is 154 Å². The van der Waals surface area contributed by atoms with E-state index in [0.717, 1.165) is 50.5 Å². The van der Waals surface area contributed by atoms with Gasteiger partial charge in [-0.15, -0.1) is 0 Å². The van der Waals surface area contributed by atoms with Gasteiger partial charge >= 0.3 is 0 Å². The molecular formula is C21H25N3O2. The van der Waals surface area contributed by atoms with E-state index in [-0.39, 0.29) is 5.91 Å². The molecule has 5 nitrogen and oxygen atoms in total. The van der Waals surface area contributed by atoms with Crippen molar-refractivity contribution in [3.63, 3.8) is 0 Å². The highest BCUT2D eigenvalue weighted by atomic mass is 16.5. The van der Waals surface area contributed by atoms with Crippen LogP contribution in [0.15, 0.2) is 54.9 Å². The van der Waals surface area contributed by atoms with Crippen molar-refractivity contribution in [2.45, 2.75) is 13.0 Å². The Kier molecular flexibility index (Phi) is 6.39. The van der Waals surface area contributed by atoms with Crippen LogP contribution in [0.25, 0.3) is 6.08 Å². The van der Waals surface area contributed by atoms with Crippen molar-refractivity contribution in [2.24, 2.45) is 0 Å². The predicted molar refractivity (Wildman–Crippen MR) is 103 cm³/mol. The lowest BCUT2D eigenvalue weighted by Gasteiger charge is -2.21. The van der Waals surface area contributed by atoms with Crippen LogP contribution in [0.2, 0.25) is 0 Å². The number of rotatable bonds is 5. The fourth-order valence-corrected chi connectivity index (χ4v) is 3.09. The van der Waals surface area contributed by atoms with Crippen LogP contribution >= 0.6 is 0 Å². The number of aromatic nitrogens is 1. The Morgan fingerprint density at radius 3 is 2.73 bits per heavy atom. The van der Waals surface area contributed by atoms with Gasteiger partial charge in [-0.3, -0.25) is 14.7 Å². The molecule has 1 amide bonds. The minimum atomic E-state index is 0.0696. The number of carbonyl (C=O) groups excluding carboxylic acids is 1. The summed E-state index contributed by atoms with van der Waals surface area (Å²) in [5.41, 5.74) is 2.21. The first kappa shape index (κ1) is 18.1. The topological polar surface area (TPSA) is 45.7 Å². The number of hydrogen-bond donors (Lipinski definition) is 0. The van der Waals surface area contributed by atoms with Crippen molar-refractivity contribution >= 4 is 12.0 Å². The van der Waals surface area contributed by atoms with Crippen LogP contribution in [-0.2, 0) is 11.3 Å². The number of pyridine rings is 1. The standard InChI is InChI=1S/C21H25N3O2/c1-26-20-8-5-19(6-9-20)17-23-12-3-13-24(15-14-23)21(25)10-7-18-4-2-11-22-16-18/h2,4-11,16H,3,12-15,17H2,1H3. The fraction of sp³-hybridized carbons (Fsp3) is 0.333. The second-order valence-electron chi connectivity index (χ2n) is 6.42. The lowest BCUT2D eigenvalue weighted by atomic mass is 10.2. The van der Waals surface area contributed by atoms with E-state index in [2.05, 4.69) is 22.0 Å². The van der Waals surface area contributed by atoms with Gasteiger partial charge in [-0.1, -0.05) is 18.2 Å². The molecule has 1 saturated heterocycles. The highest BCUT2D eigenvalue weighted by molar-refractivity contribution is 5.91. The van der Waals surface area contributed by atoms with Crippen LogP contribution in [0.5, 0.6) is 5.75 Å². The van der Waals surface area contributed by atoms with E-state index in [1.165, 1.54) is 5.56 Å². The summed E-state index contributed by atoms with van der Waals surface area (Å²) in [5, 5.41) is 0. The van der Waals surface area contributed by atoms with Crippen LogP contribution in [0.3, 0.4) is 0 Å². The van der Waals surface area contributed by atoms with Gasteiger partial charge in [0.2, 0.25) is 5.91 Å². The van der Waals surface area contributed by atoms with E-state index in [1.54, 1.807) is 25.6 Å². The maximum atomic E-state index is 12.4. The predicted octanol–water partition coefficient (Wildman–Crippen LogP) is 2.84. The molecule has 2 aromatic rings. The second-order valence-corrected chi connectivity index (χ2v) is 6.42. The van der Waals surface area contributed by atoms with Gasteiger partial charge in [0.15, 0.2) is 0 Å². The molecule has 1 aliphatic heterocycles. The van der Waals surface area contributed by atoms with Crippen LogP contribution in [-0.4, -0.2) is 54.0 Å². The van der Waals surface area contributed by atoms with E-state index >= 15 is 0 Å². The number of methoxy groups -OCH3 is 1. The molecule has 0 unspecified atom stereocenters. The van der Waals surface area contributed by atoms with Crippen LogP contribution in [0, 0.1) is 0 Å². The normalized spacial score (nSPS) is 15.8. The first-order chi connectivity index (χ1) is 12.7. The first-order valence-electron chi connectivity index (χ1n) is 8.97. The molecule has 0 spiro atoms. The van der Waals surface area contributed by atoms with Gasteiger partial charge in [0.25, 0.3) is 0 Å². The SMILES string of the molecule is COc1ccc(CN2CCCN(C(=O)C=Cc3cccnc3)CC2)cc1. The maximum absolute atomic E-state index is 12.4. The summed E-state index contributed by atoms with van der Waals surface area (Å²) in [6, 6.07) is 12.0. The van der Waals surface area contributed by atoms with Crippen LogP contribution in [0.1, 0.15) is 17.5 Å². The lowest BCUT2D eigenvalue weighted by molar-refractivity contribution is -0.125. The van der Waals surface area contributed by atoms with Gasteiger partial charge in [0.1, 0.15) is 5.75 Å². The summed E-state index contributed by atoms with van der Waals surface area (Å²) in [6.45, 7) is 4.35. The molecule has 0 aliphatic carbocycles. The minimum Gasteiger partial charge on any atom is -0.497 e. The molecule has 5 heteroatoms. The van der Waals surface area contributed by atoms with Crippen molar-refractivity contribution < 1.29 is 9.53 Å². The minimum absolute atomic E-state index is 0.0696. The van der Waals surface area contributed by atoms with Crippen molar-refractivity contribution in [2.75, 3.05) is 33.3 Å². The molecule has 0 atom stereocenters. The number of carbonyl (C=O) groups is 1. The monoisotopic (exact) mass is 351 g/mol. The highest BCUT2D eigenvalue weighted by Gasteiger charge is 2.17. The van der Waals surface area contributed by atoms with E-state index in [0.29, 0.717) is 0 Å². The van der Waals surface area contributed by atoms with E-state index < -0.39 is 0 Å². The third-order valence-electron chi connectivity index (χ3n) is 4.57. The zero-order chi connectivity index (χ0) is 18.2. The summed E-state index contributed by atoms with van der Waals surface area (Å²) in [6.07, 6.45) is 7.95. The summed E-state index contributed by atoms with van der Waals surface area (Å²) in [4.78, 5) is 20.8. The van der Waals surface area contributed by atoms with Gasteiger partial charge < -0.3 is 9.64 Å². The number of ether oxygens (including phenoxy) is 1. The van der Waals surface area contributed by atoms with Gasteiger partial charge in [-0.2, -0.15) is 0 Å². The molecule has 1 fully saturated rings. The van der Waals surface area contributed by atoms with Crippen molar-refractivity contribution in [1.29, 1.82) is 0 Å². The van der Waals surface area contributed by atoms with Gasteiger partial charge in [0, 0.05) is 51.2 Å². The Bertz CT molecular complexity index is 729. The Hall–Kier alpha value is -2.66. The lowest BCUT2D eigenvalue weighted by Crippen LogP contribution is -2.34. The molecule has 0 radical (unpaired) electrons. The molecule has 0 N–H and O–H groups in total. The smallest absolute Gasteiger partial charge is 0.246 e. The Morgan fingerprint density at radius 2 is 2.00 bits per heavy atom. The summed E-state index contributed by atoms with van der Waals surface area (Å²) < 4.78 is 5.21. The quantitative estimate of drug-likeness (QED) is 0.777. The number of hydrogen-bond acceptors (Lipinski definition) is 4. The maximum Gasteiger partial charge on any atom is 0.246 e. The van der Waals surface area contributed by atoms with Gasteiger partial charge in [-0.05, 0) is 41.8 Å². The van der Waals surface area contributed by atoms with Gasteiger partial charge in [0.05, 0.1) is 7.11 Å². The zero-order valence-electron chi connectivity index (χ0n) is 15.2. The number of nitrogens with zero attached hydrogens (tertiary/aromatic N) is 3. The second kappa shape index (κ2) is 9.15. The molecule has 0 saturated carbocycles. The Balaban J connectivity index is 1.52. The molecule has 1 aromatic heterocycles. The molecule has 26 heavy (non-hydrogen) atoms. The largest absolute Gasteiger partial charge is 0.497 e. The summed E-state index contributed by atoms with van der Waals surface area (Å²) >= 11 is 0.